The number of carbonyl (C=O) groups excluding carboxylic acids is 1. The quantitative estimate of drug-likeness (QED) is 0.790. The van der Waals surface area contributed by atoms with E-state index in [0.717, 1.165) is 24.7 Å². The van der Waals surface area contributed by atoms with Crippen LogP contribution in [0, 0.1) is 0 Å². The van der Waals surface area contributed by atoms with Gasteiger partial charge in [0.05, 0.1) is 15.7 Å². The molecule has 0 atom stereocenters. The largest absolute Gasteiger partial charge is 0.322 e. The lowest BCUT2D eigenvalue weighted by Gasteiger charge is -2.34. The summed E-state index contributed by atoms with van der Waals surface area (Å²) >= 11 is 18.1. The second-order valence-corrected chi connectivity index (χ2v) is 7.17. The zero-order valence-corrected chi connectivity index (χ0v) is 15.8. The lowest BCUT2D eigenvalue weighted by molar-refractivity contribution is 0.143. The van der Waals surface area contributed by atoms with Crippen molar-refractivity contribution in [2.45, 2.75) is 6.54 Å². The molecule has 0 unspecified atom stereocenters. The molecule has 0 aromatic heterocycles. The Bertz CT molecular complexity index is 723. The summed E-state index contributed by atoms with van der Waals surface area (Å²) in [4.78, 5) is 16.5. The molecule has 1 N–H and O–H groups in total. The molecule has 0 bridgehead atoms. The first-order valence-corrected chi connectivity index (χ1v) is 9.13. The number of nitrogens with one attached hydrogen (secondary N) is 1. The van der Waals surface area contributed by atoms with Crippen LogP contribution < -0.4 is 5.32 Å². The molecule has 1 fully saturated rings. The van der Waals surface area contributed by atoms with Crippen molar-refractivity contribution in [2.75, 3.05) is 31.5 Å². The molecule has 0 aliphatic carbocycles. The number of anilines is 1. The summed E-state index contributed by atoms with van der Waals surface area (Å²) in [5, 5.41) is 4.41. The highest BCUT2D eigenvalue weighted by atomic mass is 35.5. The number of benzene rings is 2. The fourth-order valence-corrected chi connectivity index (χ4v) is 3.38. The summed E-state index contributed by atoms with van der Waals surface area (Å²) in [6.07, 6.45) is 0. The fraction of sp³-hybridized carbons (Fsp3) is 0.278. The third-order valence-electron chi connectivity index (χ3n) is 4.17. The second-order valence-electron chi connectivity index (χ2n) is 5.92. The van der Waals surface area contributed by atoms with Crippen LogP contribution in [0.15, 0.2) is 42.5 Å². The maximum atomic E-state index is 12.4. The Morgan fingerprint density at radius 3 is 2.12 bits per heavy atom. The van der Waals surface area contributed by atoms with Crippen molar-refractivity contribution in [3.63, 3.8) is 0 Å². The number of amides is 2. The van der Waals surface area contributed by atoms with Gasteiger partial charge in [0.2, 0.25) is 0 Å². The molecule has 3 rings (SSSR count). The average molecular weight is 399 g/mol. The molecule has 0 radical (unpaired) electrons. The van der Waals surface area contributed by atoms with E-state index < -0.39 is 0 Å². The van der Waals surface area contributed by atoms with Crippen LogP contribution in [0.2, 0.25) is 15.1 Å². The first-order chi connectivity index (χ1) is 12.0. The molecule has 1 aliphatic heterocycles. The Hall–Kier alpha value is -1.46. The normalized spacial score (nSPS) is 15.2. The number of piperazine rings is 1. The van der Waals surface area contributed by atoms with Crippen LogP contribution in [0.3, 0.4) is 0 Å². The molecule has 4 nitrogen and oxygen atoms in total. The molecule has 1 heterocycles. The number of hydrogen-bond donors (Lipinski definition) is 1. The highest BCUT2D eigenvalue weighted by Gasteiger charge is 2.22. The summed E-state index contributed by atoms with van der Waals surface area (Å²) in [5.41, 5.74) is 1.67. The molecule has 2 aromatic rings. The number of para-hydroxylation sites is 1. The maximum absolute atomic E-state index is 12.4. The van der Waals surface area contributed by atoms with Gasteiger partial charge >= 0.3 is 6.03 Å². The average Bonchev–Trinajstić information content (AvgIpc) is 2.61. The summed E-state index contributed by atoms with van der Waals surface area (Å²) in [6, 6.07) is 12.8. The lowest BCUT2D eigenvalue weighted by atomic mass is 10.2. The van der Waals surface area contributed by atoms with Crippen LogP contribution in [0.5, 0.6) is 0 Å². The van der Waals surface area contributed by atoms with Crippen molar-refractivity contribution in [1.82, 2.24) is 9.80 Å². The van der Waals surface area contributed by atoms with E-state index in [9.17, 15) is 4.79 Å². The monoisotopic (exact) mass is 397 g/mol. The molecule has 0 spiro atoms. The molecule has 1 saturated heterocycles. The van der Waals surface area contributed by atoms with Gasteiger partial charge in [0, 0.05) is 37.7 Å². The van der Waals surface area contributed by atoms with Gasteiger partial charge in [-0.2, -0.15) is 0 Å². The van der Waals surface area contributed by atoms with E-state index >= 15 is 0 Å². The van der Waals surface area contributed by atoms with Gasteiger partial charge in [0.25, 0.3) is 0 Å². The third-order valence-corrected chi connectivity index (χ3v) is 5.06. The number of carbonyl (C=O) groups is 1. The predicted octanol–water partition coefficient (Wildman–Crippen LogP) is 5.00. The van der Waals surface area contributed by atoms with Crippen molar-refractivity contribution >= 4 is 46.5 Å². The molecular formula is C18H18Cl3N3O. The zero-order chi connectivity index (χ0) is 17.8. The van der Waals surface area contributed by atoms with Crippen LogP contribution in [0.25, 0.3) is 0 Å². The van der Waals surface area contributed by atoms with E-state index in [0.29, 0.717) is 28.8 Å². The van der Waals surface area contributed by atoms with Gasteiger partial charge in [-0.15, -0.1) is 0 Å². The Morgan fingerprint density at radius 1 is 0.920 bits per heavy atom. The van der Waals surface area contributed by atoms with Gasteiger partial charge in [-0.1, -0.05) is 53.0 Å². The van der Waals surface area contributed by atoms with Gasteiger partial charge in [0.1, 0.15) is 0 Å². The van der Waals surface area contributed by atoms with Crippen molar-refractivity contribution in [2.24, 2.45) is 0 Å². The minimum atomic E-state index is -0.179. The van der Waals surface area contributed by atoms with Crippen molar-refractivity contribution < 1.29 is 4.79 Å². The predicted molar refractivity (Wildman–Crippen MR) is 104 cm³/mol. The van der Waals surface area contributed by atoms with E-state index in [4.69, 9.17) is 34.8 Å². The number of halogens is 3. The van der Waals surface area contributed by atoms with Crippen LogP contribution in [0.1, 0.15) is 5.56 Å². The first-order valence-electron chi connectivity index (χ1n) is 7.99. The Morgan fingerprint density at radius 2 is 1.52 bits per heavy atom. The number of rotatable bonds is 3. The van der Waals surface area contributed by atoms with E-state index in [2.05, 4.69) is 10.2 Å². The van der Waals surface area contributed by atoms with Gasteiger partial charge in [-0.3, -0.25) is 4.90 Å². The second kappa shape index (κ2) is 8.28. The molecule has 1 aliphatic rings. The summed E-state index contributed by atoms with van der Waals surface area (Å²) in [7, 11) is 0. The number of hydrogen-bond acceptors (Lipinski definition) is 2. The lowest BCUT2D eigenvalue weighted by Crippen LogP contribution is -2.49. The Kier molecular flexibility index (Phi) is 6.07. The Labute approximate surface area is 162 Å². The van der Waals surface area contributed by atoms with Crippen molar-refractivity contribution in [3.05, 3.63) is 63.1 Å². The highest BCUT2D eigenvalue weighted by Crippen LogP contribution is 2.30. The summed E-state index contributed by atoms with van der Waals surface area (Å²) in [6.45, 7) is 3.78. The summed E-state index contributed by atoms with van der Waals surface area (Å²) < 4.78 is 0. The number of nitrogens with zero attached hydrogens (tertiary/aromatic N) is 2. The van der Waals surface area contributed by atoms with Crippen molar-refractivity contribution in [1.29, 1.82) is 0 Å². The van der Waals surface area contributed by atoms with Gasteiger partial charge in [0.15, 0.2) is 0 Å². The fourth-order valence-electron chi connectivity index (χ4n) is 2.76. The van der Waals surface area contributed by atoms with Crippen LogP contribution in [-0.4, -0.2) is 42.0 Å². The number of urea groups is 1. The van der Waals surface area contributed by atoms with E-state index in [1.807, 2.05) is 24.3 Å². The molecule has 132 valence electrons. The minimum absolute atomic E-state index is 0.179. The zero-order valence-electron chi connectivity index (χ0n) is 13.5. The van der Waals surface area contributed by atoms with Crippen LogP contribution >= 0.6 is 34.8 Å². The maximum Gasteiger partial charge on any atom is 0.322 e. The van der Waals surface area contributed by atoms with Crippen LogP contribution in [-0.2, 0) is 6.54 Å². The molecule has 0 saturated carbocycles. The molecule has 2 aromatic carbocycles. The van der Waals surface area contributed by atoms with Gasteiger partial charge in [-0.05, 0) is 29.8 Å². The third kappa shape index (κ3) is 4.79. The van der Waals surface area contributed by atoms with E-state index in [-0.39, 0.29) is 6.03 Å². The smallest absolute Gasteiger partial charge is 0.322 e. The van der Waals surface area contributed by atoms with Gasteiger partial charge in [-0.25, -0.2) is 4.79 Å². The molecule has 25 heavy (non-hydrogen) atoms. The standard InChI is InChI=1S/C18H18Cl3N3O/c19-14-6-4-13(5-7-14)12-23-8-10-24(11-9-23)18(25)22-17-15(20)2-1-3-16(17)21/h1-7H,8-12H2,(H,22,25). The van der Waals surface area contributed by atoms with Crippen LogP contribution in [0.4, 0.5) is 10.5 Å². The molecule has 2 amide bonds. The molecule has 7 heteroatoms. The first kappa shape index (κ1) is 18.3. The van der Waals surface area contributed by atoms with Gasteiger partial charge < -0.3 is 10.2 Å². The van der Waals surface area contributed by atoms with Crippen molar-refractivity contribution in [3.8, 4) is 0 Å². The summed E-state index contributed by atoms with van der Waals surface area (Å²) in [5.74, 6) is 0. The van der Waals surface area contributed by atoms with E-state index in [1.54, 1.807) is 23.1 Å². The topological polar surface area (TPSA) is 35.6 Å². The minimum Gasteiger partial charge on any atom is -0.322 e. The SMILES string of the molecule is O=C(Nc1c(Cl)cccc1Cl)N1CCN(Cc2ccc(Cl)cc2)CC1. The Balaban J connectivity index is 1.53. The van der Waals surface area contributed by atoms with E-state index in [1.165, 1.54) is 5.56 Å². The molecular weight excluding hydrogens is 381 g/mol. The highest BCUT2D eigenvalue weighted by molar-refractivity contribution is 6.39.